The van der Waals surface area contributed by atoms with E-state index in [9.17, 15) is 10.5 Å². The minimum atomic E-state index is 0.584. The van der Waals surface area contributed by atoms with Crippen molar-refractivity contribution in [2.75, 3.05) is 0 Å². The summed E-state index contributed by atoms with van der Waals surface area (Å²) in [6.07, 6.45) is 0. The highest BCUT2D eigenvalue weighted by Crippen LogP contribution is 2.41. The third kappa shape index (κ3) is 4.39. The summed E-state index contributed by atoms with van der Waals surface area (Å²) in [7, 11) is 0. The van der Waals surface area contributed by atoms with Gasteiger partial charge in [0.15, 0.2) is 0 Å². The van der Waals surface area contributed by atoms with Crippen LogP contribution in [0.4, 0.5) is 0 Å². The molecule has 0 saturated carbocycles. The highest BCUT2D eigenvalue weighted by atomic mass is 15.0. The van der Waals surface area contributed by atoms with Crippen molar-refractivity contribution in [3.63, 3.8) is 0 Å². The molecule has 254 valence electrons. The van der Waals surface area contributed by atoms with Crippen LogP contribution in [-0.2, 0) is 0 Å². The van der Waals surface area contributed by atoms with E-state index in [1.54, 1.807) is 0 Å². The standard InChI is InChI=1S/C50H29N5/c51-30-33-11-9-20-46-49(33)40-14-3-7-18-44(40)54(46)36-27-28-37(34(29-36)31-52)32-23-25-35(26-24-32)53-45-19-8-4-15-41(45)50-47(53)21-10-22-48(50)55-42-16-5-1-12-38(42)39-13-2-6-17-43(39)55/h1-29H. The lowest BCUT2D eigenvalue weighted by Crippen LogP contribution is -1.97. The van der Waals surface area contributed by atoms with Gasteiger partial charge < -0.3 is 13.7 Å². The zero-order chi connectivity index (χ0) is 36.6. The highest BCUT2D eigenvalue weighted by Gasteiger charge is 2.20. The van der Waals surface area contributed by atoms with E-state index in [0.717, 1.165) is 61.0 Å². The number of aromatic nitrogens is 3. The van der Waals surface area contributed by atoms with Gasteiger partial charge in [-0.05, 0) is 83.9 Å². The second kappa shape index (κ2) is 11.8. The molecule has 0 fully saturated rings. The van der Waals surface area contributed by atoms with Gasteiger partial charge in [-0.2, -0.15) is 10.5 Å². The zero-order valence-electron chi connectivity index (χ0n) is 29.5. The van der Waals surface area contributed by atoms with Crippen LogP contribution in [0.2, 0.25) is 0 Å². The van der Waals surface area contributed by atoms with Crippen molar-refractivity contribution in [3.05, 3.63) is 187 Å². The van der Waals surface area contributed by atoms with Gasteiger partial charge in [0.2, 0.25) is 0 Å². The van der Waals surface area contributed by atoms with Crippen LogP contribution in [0.5, 0.6) is 0 Å². The van der Waals surface area contributed by atoms with E-state index in [4.69, 9.17) is 0 Å². The maximum absolute atomic E-state index is 10.5. The molecule has 3 aromatic heterocycles. The van der Waals surface area contributed by atoms with Crippen molar-refractivity contribution < 1.29 is 0 Å². The number of nitriles is 2. The van der Waals surface area contributed by atoms with Crippen LogP contribution in [0.25, 0.3) is 93.6 Å². The molecule has 0 aliphatic carbocycles. The van der Waals surface area contributed by atoms with Crippen LogP contribution < -0.4 is 0 Å². The van der Waals surface area contributed by atoms with Crippen molar-refractivity contribution in [2.45, 2.75) is 0 Å². The topological polar surface area (TPSA) is 62.4 Å². The summed E-state index contributed by atoms with van der Waals surface area (Å²) in [5.74, 6) is 0. The first-order chi connectivity index (χ1) is 27.2. The molecule has 0 amide bonds. The number of hydrogen-bond donors (Lipinski definition) is 0. The molecule has 5 nitrogen and oxygen atoms in total. The lowest BCUT2D eigenvalue weighted by Gasteiger charge is -2.13. The molecule has 0 bridgehead atoms. The second-order valence-electron chi connectivity index (χ2n) is 13.9. The Morgan fingerprint density at radius 3 is 1.44 bits per heavy atom. The van der Waals surface area contributed by atoms with Crippen LogP contribution in [-0.4, -0.2) is 13.7 Å². The van der Waals surface area contributed by atoms with Gasteiger partial charge in [-0.15, -0.1) is 0 Å². The van der Waals surface area contributed by atoms with E-state index in [0.29, 0.717) is 11.1 Å². The van der Waals surface area contributed by atoms with Crippen LogP contribution in [0, 0.1) is 22.7 Å². The third-order valence-corrected chi connectivity index (χ3v) is 11.1. The van der Waals surface area contributed by atoms with E-state index in [1.165, 1.54) is 32.6 Å². The molecule has 8 aromatic carbocycles. The number of para-hydroxylation sites is 4. The van der Waals surface area contributed by atoms with Crippen molar-refractivity contribution >= 4 is 65.4 Å². The van der Waals surface area contributed by atoms with Crippen LogP contribution in [0.3, 0.4) is 0 Å². The van der Waals surface area contributed by atoms with Crippen molar-refractivity contribution in [1.82, 2.24) is 13.7 Å². The Bertz CT molecular complexity index is 3400. The maximum atomic E-state index is 10.5. The molecule has 0 N–H and O–H groups in total. The first-order valence-electron chi connectivity index (χ1n) is 18.3. The Hall–Kier alpha value is -7.86. The number of nitrogens with zero attached hydrogens (tertiary/aromatic N) is 5. The Kier molecular flexibility index (Phi) is 6.61. The summed E-state index contributed by atoms with van der Waals surface area (Å²) >= 11 is 0. The minimum Gasteiger partial charge on any atom is -0.309 e. The fourth-order valence-corrected chi connectivity index (χ4v) is 8.84. The van der Waals surface area contributed by atoms with Gasteiger partial charge in [0, 0.05) is 43.7 Å². The second-order valence-corrected chi connectivity index (χ2v) is 13.9. The molecule has 5 heteroatoms. The fourth-order valence-electron chi connectivity index (χ4n) is 8.84. The van der Waals surface area contributed by atoms with Gasteiger partial charge in [-0.3, -0.25) is 0 Å². The molecule has 0 aliphatic rings. The minimum absolute atomic E-state index is 0.584. The van der Waals surface area contributed by atoms with E-state index in [2.05, 4.69) is 159 Å². The molecule has 3 heterocycles. The summed E-state index contributed by atoms with van der Waals surface area (Å²) in [5, 5.41) is 27.2. The molecule has 55 heavy (non-hydrogen) atoms. The van der Waals surface area contributed by atoms with E-state index in [1.807, 2.05) is 42.5 Å². The summed E-state index contributed by atoms with van der Waals surface area (Å²) in [4.78, 5) is 0. The molecule has 0 unspecified atom stereocenters. The first kappa shape index (κ1) is 30.7. The number of hydrogen-bond acceptors (Lipinski definition) is 2. The van der Waals surface area contributed by atoms with Gasteiger partial charge in [0.25, 0.3) is 0 Å². The lowest BCUT2D eigenvalue weighted by molar-refractivity contribution is 1.17. The number of fused-ring (bicyclic) bond motifs is 9. The van der Waals surface area contributed by atoms with Gasteiger partial charge in [0.05, 0.1) is 62.1 Å². The van der Waals surface area contributed by atoms with E-state index >= 15 is 0 Å². The SMILES string of the molecule is N#Cc1cc(-n2c3ccccc3c3c(C#N)cccc32)ccc1-c1ccc(-n2c3ccccc3c3c(-n4c5ccccc5c5ccccc54)cccc32)cc1. The molecule has 11 rings (SSSR count). The van der Waals surface area contributed by atoms with Gasteiger partial charge >= 0.3 is 0 Å². The summed E-state index contributed by atoms with van der Waals surface area (Å²) in [6, 6.07) is 65.9. The largest absolute Gasteiger partial charge is 0.309 e. The molecular weight excluding hydrogens is 671 g/mol. The molecule has 11 aromatic rings. The Labute approximate surface area is 316 Å². The zero-order valence-corrected chi connectivity index (χ0v) is 29.5. The average Bonchev–Trinajstić information content (AvgIpc) is 3.89. The van der Waals surface area contributed by atoms with Gasteiger partial charge in [-0.1, -0.05) is 103 Å². The molecule has 0 spiro atoms. The van der Waals surface area contributed by atoms with Gasteiger partial charge in [-0.25, -0.2) is 0 Å². The highest BCUT2D eigenvalue weighted by molar-refractivity contribution is 6.16. The van der Waals surface area contributed by atoms with Crippen LogP contribution in [0.15, 0.2) is 176 Å². The normalized spacial score (nSPS) is 11.6. The van der Waals surface area contributed by atoms with E-state index in [-0.39, 0.29) is 0 Å². The number of rotatable bonds is 4. The smallest absolute Gasteiger partial charge is 0.0998 e. The molecular formula is C50H29N5. The van der Waals surface area contributed by atoms with Crippen molar-refractivity contribution in [1.29, 1.82) is 10.5 Å². The van der Waals surface area contributed by atoms with Crippen LogP contribution in [0.1, 0.15) is 11.1 Å². The summed E-state index contributed by atoms with van der Waals surface area (Å²) in [6.45, 7) is 0. The Morgan fingerprint density at radius 1 is 0.345 bits per heavy atom. The molecule has 0 atom stereocenters. The summed E-state index contributed by atoms with van der Waals surface area (Å²) < 4.78 is 6.90. The molecule has 0 saturated heterocycles. The lowest BCUT2D eigenvalue weighted by atomic mass is 9.99. The quantitative estimate of drug-likeness (QED) is 0.184. The fraction of sp³-hybridized carbons (Fsp3) is 0. The first-order valence-corrected chi connectivity index (χ1v) is 18.3. The Morgan fingerprint density at radius 2 is 0.818 bits per heavy atom. The van der Waals surface area contributed by atoms with E-state index < -0.39 is 0 Å². The summed E-state index contributed by atoms with van der Waals surface area (Å²) in [5.41, 5.74) is 12.7. The Balaban J connectivity index is 1.05. The average molecular weight is 700 g/mol. The predicted molar refractivity (Wildman–Crippen MR) is 224 cm³/mol. The molecule has 0 aliphatic heterocycles. The number of benzene rings is 8. The monoisotopic (exact) mass is 699 g/mol. The predicted octanol–water partition coefficient (Wildman–Crippen LogP) is 12.4. The van der Waals surface area contributed by atoms with Crippen LogP contribution >= 0.6 is 0 Å². The third-order valence-electron chi connectivity index (χ3n) is 11.1. The van der Waals surface area contributed by atoms with Gasteiger partial charge in [0.1, 0.15) is 0 Å². The molecule has 0 radical (unpaired) electrons. The van der Waals surface area contributed by atoms with Crippen molar-refractivity contribution in [2.24, 2.45) is 0 Å². The maximum Gasteiger partial charge on any atom is 0.0998 e. The van der Waals surface area contributed by atoms with Crippen molar-refractivity contribution in [3.8, 4) is 40.3 Å².